The van der Waals surface area contributed by atoms with Crippen LogP contribution < -0.4 is 5.73 Å². The first-order chi connectivity index (χ1) is 7.86. The van der Waals surface area contributed by atoms with Crippen molar-refractivity contribution in [2.75, 3.05) is 6.54 Å². The smallest absolute Gasteiger partial charge is 0.0969 e. The lowest BCUT2D eigenvalue weighted by atomic mass is 10.2. The molecule has 0 atom stereocenters. The maximum absolute atomic E-state index is 5.44. The van der Waals surface area contributed by atoms with Gasteiger partial charge in [-0.3, -0.25) is 0 Å². The minimum Gasteiger partial charge on any atom is -0.327 e. The highest BCUT2D eigenvalue weighted by Crippen LogP contribution is 2.43. The molecule has 1 heterocycles. The number of thiazole rings is 1. The van der Waals surface area contributed by atoms with E-state index in [1.807, 2.05) is 17.4 Å². The molecule has 3 heteroatoms. The van der Waals surface area contributed by atoms with Crippen molar-refractivity contribution in [2.45, 2.75) is 18.8 Å². The molecule has 0 aliphatic heterocycles. The minimum absolute atomic E-state index is 0.586. The summed E-state index contributed by atoms with van der Waals surface area (Å²) in [7, 11) is 0. The van der Waals surface area contributed by atoms with Gasteiger partial charge in [0.15, 0.2) is 0 Å². The van der Waals surface area contributed by atoms with Crippen molar-refractivity contribution in [1.82, 2.24) is 4.98 Å². The summed E-state index contributed by atoms with van der Waals surface area (Å²) in [5, 5.41) is 1.31. The molecule has 16 heavy (non-hydrogen) atoms. The van der Waals surface area contributed by atoms with Crippen LogP contribution in [0.15, 0.2) is 24.3 Å². The number of aromatic nitrogens is 1. The van der Waals surface area contributed by atoms with Gasteiger partial charge in [-0.1, -0.05) is 18.2 Å². The average Bonchev–Trinajstić information content (AvgIpc) is 3.06. The fourth-order valence-electron chi connectivity index (χ4n) is 1.77. The third-order valence-corrected chi connectivity index (χ3v) is 4.00. The zero-order chi connectivity index (χ0) is 11.0. The van der Waals surface area contributed by atoms with E-state index >= 15 is 0 Å². The summed E-state index contributed by atoms with van der Waals surface area (Å²) in [6, 6.07) is 6.43. The van der Waals surface area contributed by atoms with E-state index in [0.29, 0.717) is 6.54 Å². The fraction of sp³-hybridized carbons (Fsp3) is 0.308. The monoisotopic (exact) mass is 230 g/mol. The molecule has 0 saturated heterocycles. The van der Waals surface area contributed by atoms with Crippen LogP contribution in [0.25, 0.3) is 16.3 Å². The van der Waals surface area contributed by atoms with E-state index in [0.717, 1.165) is 11.4 Å². The number of nitrogens with two attached hydrogens (primary N) is 1. The standard InChI is InChI=1S/C13H14N2S/c14-7-1-2-9-3-6-12-11(8-9)15-13(16-12)10-4-5-10/h1-3,6,8,10H,4-5,7,14H2/b2-1+. The normalized spacial score (nSPS) is 16.3. The van der Waals surface area contributed by atoms with E-state index in [1.165, 1.54) is 28.1 Å². The topological polar surface area (TPSA) is 38.9 Å². The highest BCUT2D eigenvalue weighted by Gasteiger charge is 2.26. The highest BCUT2D eigenvalue weighted by atomic mass is 32.1. The number of benzene rings is 1. The maximum Gasteiger partial charge on any atom is 0.0969 e. The second-order valence-electron chi connectivity index (χ2n) is 4.19. The van der Waals surface area contributed by atoms with E-state index in [-0.39, 0.29) is 0 Å². The lowest BCUT2D eigenvalue weighted by Gasteiger charge is -1.92. The van der Waals surface area contributed by atoms with Gasteiger partial charge in [-0.25, -0.2) is 4.98 Å². The molecule has 82 valence electrons. The summed E-state index contributed by atoms with van der Waals surface area (Å²) in [5.41, 5.74) is 7.76. The molecule has 1 aromatic carbocycles. The molecule has 0 bridgehead atoms. The van der Waals surface area contributed by atoms with Crippen LogP contribution in [0.2, 0.25) is 0 Å². The Morgan fingerprint density at radius 3 is 3.06 bits per heavy atom. The molecule has 3 rings (SSSR count). The van der Waals surface area contributed by atoms with Gasteiger partial charge < -0.3 is 5.73 Å². The summed E-state index contributed by atoms with van der Waals surface area (Å²) in [5.74, 6) is 0.750. The summed E-state index contributed by atoms with van der Waals surface area (Å²) in [6.45, 7) is 0.586. The Morgan fingerprint density at radius 1 is 1.44 bits per heavy atom. The Bertz CT molecular complexity index is 538. The second-order valence-corrected chi connectivity index (χ2v) is 5.25. The zero-order valence-electron chi connectivity index (χ0n) is 9.02. The number of hydrogen-bond donors (Lipinski definition) is 1. The minimum atomic E-state index is 0.586. The molecule has 0 radical (unpaired) electrons. The summed E-state index contributed by atoms with van der Waals surface area (Å²) in [6.07, 6.45) is 6.66. The van der Waals surface area contributed by atoms with Gasteiger partial charge >= 0.3 is 0 Å². The molecule has 1 aliphatic carbocycles. The molecular formula is C13H14N2S. The van der Waals surface area contributed by atoms with Crippen LogP contribution in [0.1, 0.15) is 29.3 Å². The third kappa shape index (κ3) is 1.88. The van der Waals surface area contributed by atoms with Gasteiger partial charge in [-0.05, 0) is 30.5 Å². The summed E-state index contributed by atoms with van der Waals surface area (Å²) < 4.78 is 1.30. The van der Waals surface area contributed by atoms with Crippen LogP contribution in [0.5, 0.6) is 0 Å². The Morgan fingerprint density at radius 2 is 2.31 bits per heavy atom. The largest absolute Gasteiger partial charge is 0.327 e. The van der Waals surface area contributed by atoms with Crippen molar-refractivity contribution in [1.29, 1.82) is 0 Å². The van der Waals surface area contributed by atoms with Gasteiger partial charge in [0.25, 0.3) is 0 Å². The number of nitrogens with zero attached hydrogens (tertiary/aromatic N) is 1. The van der Waals surface area contributed by atoms with Gasteiger partial charge in [0.05, 0.1) is 15.2 Å². The maximum atomic E-state index is 5.44. The molecule has 0 unspecified atom stereocenters. The van der Waals surface area contributed by atoms with Crippen LogP contribution in [0.3, 0.4) is 0 Å². The van der Waals surface area contributed by atoms with Crippen molar-refractivity contribution in [3.05, 3.63) is 34.8 Å². The SMILES string of the molecule is NC/C=C/c1ccc2sc(C3CC3)nc2c1. The van der Waals surface area contributed by atoms with Crippen molar-refractivity contribution in [2.24, 2.45) is 5.73 Å². The molecular weight excluding hydrogens is 216 g/mol. The molecule has 0 amide bonds. The van der Waals surface area contributed by atoms with Crippen LogP contribution in [0.4, 0.5) is 0 Å². The van der Waals surface area contributed by atoms with Crippen LogP contribution >= 0.6 is 11.3 Å². The molecule has 1 aromatic heterocycles. The highest BCUT2D eigenvalue weighted by molar-refractivity contribution is 7.18. The van der Waals surface area contributed by atoms with E-state index in [4.69, 9.17) is 10.7 Å². The number of rotatable bonds is 3. The molecule has 1 saturated carbocycles. The van der Waals surface area contributed by atoms with E-state index < -0.39 is 0 Å². The first-order valence-electron chi connectivity index (χ1n) is 5.64. The molecule has 1 fully saturated rings. The van der Waals surface area contributed by atoms with Gasteiger partial charge in [-0.15, -0.1) is 11.3 Å². The Balaban J connectivity index is 1.99. The number of fused-ring (bicyclic) bond motifs is 1. The molecule has 2 aromatic rings. The fourth-order valence-corrected chi connectivity index (χ4v) is 2.89. The zero-order valence-corrected chi connectivity index (χ0v) is 9.83. The van der Waals surface area contributed by atoms with Crippen LogP contribution in [0, 0.1) is 0 Å². The van der Waals surface area contributed by atoms with E-state index in [9.17, 15) is 0 Å². The number of hydrogen-bond acceptors (Lipinski definition) is 3. The first kappa shape index (κ1) is 10.00. The molecule has 2 nitrogen and oxygen atoms in total. The Kier molecular flexibility index (Phi) is 2.50. The molecule has 1 aliphatic rings. The first-order valence-corrected chi connectivity index (χ1v) is 6.45. The Hall–Kier alpha value is -1.19. The predicted octanol–water partition coefficient (Wildman–Crippen LogP) is 3.15. The molecule has 2 N–H and O–H groups in total. The van der Waals surface area contributed by atoms with E-state index in [1.54, 1.807) is 0 Å². The van der Waals surface area contributed by atoms with Gasteiger partial charge in [0, 0.05) is 12.5 Å². The van der Waals surface area contributed by atoms with Gasteiger partial charge in [0.1, 0.15) is 0 Å². The van der Waals surface area contributed by atoms with Crippen molar-refractivity contribution < 1.29 is 0 Å². The van der Waals surface area contributed by atoms with Gasteiger partial charge in [0.2, 0.25) is 0 Å². The lowest BCUT2D eigenvalue weighted by Crippen LogP contribution is -1.91. The van der Waals surface area contributed by atoms with Crippen molar-refractivity contribution in [3.63, 3.8) is 0 Å². The summed E-state index contributed by atoms with van der Waals surface area (Å²) in [4.78, 5) is 4.70. The summed E-state index contributed by atoms with van der Waals surface area (Å²) >= 11 is 1.84. The van der Waals surface area contributed by atoms with Crippen LogP contribution in [-0.4, -0.2) is 11.5 Å². The van der Waals surface area contributed by atoms with Crippen LogP contribution in [-0.2, 0) is 0 Å². The van der Waals surface area contributed by atoms with Crippen molar-refractivity contribution in [3.8, 4) is 0 Å². The Labute approximate surface area is 98.8 Å². The average molecular weight is 230 g/mol. The predicted molar refractivity (Wildman–Crippen MR) is 69.7 cm³/mol. The molecule has 0 spiro atoms. The van der Waals surface area contributed by atoms with Crippen molar-refractivity contribution >= 4 is 27.6 Å². The third-order valence-electron chi connectivity index (χ3n) is 2.80. The van der Waals surface area contributed by atoms with Gasteiger partial charge in [-0.2, -0.15) is 0 Å². The quantitative estimate of drug-likeness (QED) is 0.879. The lowest BCUT2D eigenvalue weighted by molar-refractivity contribution is 1.10. The van der Waals surface area contributed by atoms with E-state index in [2.05, 4.69) is 24.3 Å². The second kappa shape index (κ2) is 4.00.